The van der Waals surface area contributed by atoms with E-state index >= 15 is 0 Å². The molecular formula is C16H21N3O5S. The molecule has 0 radical (unpaired) electrons. The van der Waals surface area contributed by atoms with Gasteiger partial charge in [-0.3, -0.25) is 14.9 Å². The maximum Gasteiger partial charge on any atom is 0.270 e. The fourth-order valence-electron chi connectivity index (χ4n) is 3.17. The molecule has 1 amide bonds. The van der Waals surface area contributed by atoms with Gasteiger partial charge in [-0.2, -0.15) is 4.31 Å². The second-order valence-corrected chi connectivity index (χ2v) is 8.66. The summed E-state index contributed by atoms with van der Waals surface area (Å²) in [5, 5.41) is 10.9. The average Bonchev–Trinajstić information content (AvgIpc) is 3.31. The van der Waals surface area contributed by atoms with E-state index in [1.54, 1.807) is 11.8 Å². The molecule has 3 rings (SSSR count). The lowest BCUT2D eigenvalue weighted by molar-refractivity contribution is -0.385. The largest absolute Gasteiger partial charge is 0.340 e. The van der Waals surface area contributed by atoms with Gasteiger partial charge in [-0.15, -0.1) is 0 Å². The van der Waals surface area contributed by atoms with Gasteiger partial charge >= 0.3 is 0 Å². The third kappa shape index (κ3) is 3.38. The van der Waals surface area contributed by atoms with E-state index in [2.05, 4.69) is 0 Å². The maximum atomic E-state index is 12.9. The zero-order chi connectivity index (χ0) is 18.4. The molecule has 25 heavy (non-hydrogen) atoms. The summed E-state index contributed by atoms with van der Waals surface area (Å²) < 4.78 is 27.0. The highest BCUT2D eigenvalue weighted by molar-refractivity contribution is 7.89. The number of rotatable bonds is 4. The lowest BCUT2D eigenvalue weighted by Gasteiger charge is -2.34. The van der Waals surface area contributed by atoms with Crippen molar-refractivity contribution in [1.29, 1.82) is 0 Å². The van der Waals surface area contributed by atoms with Gasteiger partial charge in [-0.05, 0) is 24.8 Å². The number of nitrogens with zero attached hydrogens (tertiary/aromatic N) is 3. The second-order valence-electron chi connectivity index (χ2n) is 6.76. The third-order valence-corrected chi connectivity index (χ3v) is 7.02. The maximum absolute atomic E-state index is 12.9. The molecule has 0 aromatic heterocycles. The second kappa shape index (κ2) is 6.38. The first-order valence-electron chi connectivity index (χ1n) is 8.26. The number of carbonyl (C=O) groups is 1. The molecule has 0 N–H and O–H groups in total. The van der Waals surface area contributed by atoms with Gasteiger partial charge in [-0.1, -0.05) is 13.0 Å². The molecule has 2 aliphatic rings. The van der Waals surface area contributed by atoms with Crippen LogP contribution >= 0.6 is 0 Å². The Hall–Kier alpha value is -2.00. The predicted octanol–water partition coefficient (Wildman–Crippen LogP) is 1.39. The SMILES string of the molecule is Cc1ccc([N+](=O)[O-])cc1S(=O)(=O)N1CCN(C(=O)[C@H]2C[C@H]2C)CC1. The minimum absolute atomic E-state index is 0.0442. The Morgan fingerprint density at radius 3 is 2.36 bits per heavy atom. The van der Waals surface area contributed by atoms with Gasteiger partial charge in [-0.25, -0.2) is 8.42 Å². The van der Waals surface area contributed by atoms with Crippen molar-refractivity contribution >= 4 is 21.6 Å². The van der Waals surface area contributed by atoms with Crippen LogP contribution in [0.1, 0.15) is 18.9 Å². The quantitative estimate of drug-likeness (QED) is 0.591. The first-order valence-corrected chi connectivity index (χ1v) is 9.70. The van der Waals surface area contributed by atoms with Gasteiger partial charge in [0.2, 0.25) is 15.9 Å². The van der Waals surface area contributed by atoms with Crippen molar-refractivity contribution in [3.63, 3.8) is 0 Å². The average molecular weight is 367 g/mol. The van der Waals surface area contributed by atoms with Gasteiger partial charge in [0.15, 0.2) is 0 Å². The molecule has 0 unspecified atom stereocenters. The molecule has 8 nitrogen and oxygen atoms in total. The number of non-ortho nitro benzene ring substituents is 1. The number of aryl methyl sites for hydroxylation is 1. The van der Waals surface area contributed by atoms with E-state index in [0.717, 1.165) is 12.5 Å². The monoisotopic (exact) mass is 367 g/mol. The summed E-state index contributed by atoms with van der Waals surface area (Å²) in [4.78, 5) is 24.3. The van der Waals surface area contributed by atoms with Crippen LogP contribution in [0.25, 0.3) is 0 Å². The molecule has 1 saturated heterocycles. The number of hydrogen-bond donors (Lipinski definition) is 0. The van der Waals surface area contributed by atoms with Crippen molar-refractivity contribution in [2.75, 3.05) is 26.2 Å². The number of benzene rings is 1. The Balaban J connectivity index is 1.75. The summed E-state index contributed by atoms with van der Waals surface area (Å²) >= 11 is 0. The summed E-state index contributed by atoms with van der Waals surface area (Å²) in [6, 6.07) is 3.84. The highest BCUT2D eigenvalue weighted by Gasteiger charge is 2.42. The number of sulfonamides is 1. The Morgan fingerprint density at radius 1 is 1.24 bits per heavy atom. The van der Waals surface area contributed by atoms with Crippen LogP contribution in [-0.2, 0) is 14.8 Å². The Labute approximate surface area is 146 Å². The summed E-state index contributed by atoms with van der Waals surface area (Å²) in [6.07, 6.45) is 0.907. The standard InChI is InChI=1S/C16H21N3O5S/c1-11-3-4-13(19(21)22)10-15(11)25(23,24)18-7-5-17(6-8-18)16(20)14-9-12(14)2/h3-4,10,12,14H,5-9H2,1-2H3/t12-,14+/m1/s1. The molecule has 0 spiro atoms. The molecule has 136 valence electrons. The van der Waals surface area contributed by atoms with Crippen molar-refractivity contribution in [3.05, 3.63) is 33.9 Å². The van der Waals surface area contributed by atoms with Crippen molar-refractivity contribution in [2.45, 2.75) is 25.2 Å². The van der Waals surface area contributed by atoms with Crippen LogP contribution in [0.3, 0.4) is 0 Å². The van der Waals surface area contributed by atoms with E-state index in [9.17, 15) is 23.3 Å². The van der Waals surface area contributed by atoms with Crippen molar-refractivity contribution in [1.82, 2.24) is 9.21 Å². The Kier molecular flexibility index (Phi) is 4.54. The molecule has 9 heteroatoms. The van der Waals surface area contributed by atoms with Crippen LogP contribution in [0.4, 0.5) is 5.69 Å². The number of nitro groups is 1. The van der Waals surface area contributed by atoms with Crippen LogP contribution < -0.4 is 0 Å². The smallest absolute Gasteiger partial charge is 0.270 e. The highest BCUT2D eigenvalue weighted by Crippen LogP contribution is 2.39. The number of piperazine rings is 1. The fraction of sp³-hybridized carbons (Fsp3) is 0.562. The van der Waals surface area contributed by atoms with Gasteiger partial charge in [0.05, 0.1) is 9.82 Å². The number of carbonyl (C=O) groups excluding carboxylic acids is 1. The molecule has 1 heterocycles. The van der Waals surface area contributed by atoms with Crippen LogP contribution in [0.2, 0.25) is 0 Å². The first kappa shape index (κ1) is 17.8. The van der Waals surface area contributed by atoms with E-state index in [0.29, 0.717) is 24.6 Å². The highest BCUT2D eigenvalue weighted by atomic mass is 32.2. The van der Waals surface area contributed by atoms with Crippen LogP contribution in [0.5, 0.6) is 0 Å². The molecule has 1 aliphatic heterocycles. The summed E-state index contributed by atoms with van der Waals surface area (Å²) in [7, 11) is -3.82. The number of nitro benzene ring substituents is 1. The van der Waals surface area contributed by atoms with E-state index in [1.807, 2.05) is 6.92 Å². The zero-order valence-electron chi connectivity index (χ0n) is 14.2. The molecule has 1 saturated carbocycles. The first-order chi connectivity index (χ1) is 11.7. The molecular weight excluding hydrogens is 346 g/mol. The molecule has 2 fully saturated rings. The molecule has 2 atom stereocenters. The molecule has 1 aliphatic carbocycles. The van der Waals surface area contributed by atoms with E-state index in [-0.39, 0.29) is 35.5 Å². The number of hydrogen-bond acceptors (Lipinski definition) is 5. The minimum Gasteiger partial charge on any atom is -0.340 e. The zero-order valence-corrected chi connectivity index (χ0v) is 15.0. The van der Waals surface area contributed by atoms with E-state index in [4.69, 9.17) is 0 Å². The van der Waals surface area contributed by atoms with Crippen LogP contribution in [0, 0.1) is 28.9 Å². The van der Waals surface area contributed by atoms with Crippen LogP contribution in [-0.4, -0.2) is 54.6 Å². The lowest BCUT2D eigenvalue weighted by atomic mass is 10.2. The van der Waals surface area contributed by atoms with Gasteiger partial charge in [0.1, 0.15) is 0 Å². The molecule has 1 aromatic carbocycles. The van der Waals surface area contributed by atoms with Crippen molar-refractivity contribution in [3.8, 4) is 0 Å². The number of amides is 1. The summed E-state index contributed by atoms with van der Waals surface area (Å²) in [5.41, 5.74) is 0.219. The minimum atomic E-state index is -3.82. The van der Waals surface area contributed by atoms with Crippen molar-refractivity contribution < 1.29 is 18.1 Å². The normalized spacial score (nSPS) is 24.2. The molecule has 0 bridgehead atoms. The third-order valence-electron chi connectivity index (χ3n) is 4.98. The predicted molar refractivity (Wildman–Crippen MR) is 90.4 cm³/mol. The fourth-order valence-corrected chi connectivity index (χ4v) is 4.84. The summed E-state index contributed by atoms with van der Waals surface area (Å²) in [6.45, 7) is 4.78. The molecule has 1 aromatic rings. The topological polar surface area (TPSA) is 101 Å². The van der Waals surface area contributed by atoms with Crippen molar-refractivity contribution in [2.24, 2.45) is 11.8 Å². The Morgan fingerprint density at radius 2 is 1.84 bits per heavy atom. The van der Waals surface area contributed by atoms with E-state index in [1.165, 1.54) is 16.4 Å². The van der Waals surface area contributed by atoms with Gasteiger partial charge in [0.25, 0.3) is 5.69 Å². The van der Waals surface area contributed by atoms with Gasteiger partial charge in [0, 0.05) is 44.2 Å². The summed E-state index contributed by atoms with van der Waals surface area (Å²) in [5.74, 6) is 0.611. The van der Waals surface area contributed by atoms with E-state index < -0.39 is 14.9 Å². The lowest BCUT2D eigenvalue weighted by Crippen LogP contribution is -2.51. The Bertz CT molecular complexity index is 815. The van der Waals surface area contributed by atoms with Crippen LogP contribution in [0.15, 0.2) is 23.1 Å². The van der Waals surface area contributed by atoms with Gasteiger partial charge < -0.3 is 4.90 Å².